The lowest BCUT2D eigenvalue weighted by Gasteiger charge is -2.33. The van der Waals surface area contributed by atoms with E-state index in [9.17, 15) is 0 Å². The van der Waals surface area contributed by atoms with Gasteiger partial charge in [-0.2, -0.15) is 5.10 Å². The minimum absolute atomic E-state index is 0.394. The second-order valence-corrected chi connectivity index (χ2v) is 8.31. The van der Waals surface area contributed by atoms with Crippen LogP contribution >= 0.6 is 0 Å². The normalized spacial score (nSPS) is 18.5. The highest BCUT2D eigenvalue weighted by atomic mass is 16.5. The zero-order valence-electron chi connectivity index (χ0n) is 16.6. The van der Waals surface area contributed by atoms with Gasteiger partial charge in [-0.1, -0.05) is 0 Å². The molecule has 6 rings (SSSR count). The SMILES string of the molecule is c1cc2cc(Nc3n[nH]c4nccnc34)ccc2c(N2CCC3(CCOCC3)C2)n1. The first-order valence-corrected chi connectivity index (χ1v) is 10.4. The van der Waals surface area contributed by atoms with Gasteiger partial charge in [-0.05, 0) is 54.3 Å². The number of ether oxygens (including phenoxy) is 1. The van der Waals surface area contributed by atoms with Crippen molar-refractivity contribution in [2.24, 2.45) is 5.41 Å². The molecule has 2 aliphatic heterocycles. The highest BCUT2D eigenvalue weighted by Gasteiger charge is 2.40. The van der Waals surface area contributed by atoms with E-state index in [2.05, 4.69) is 54.6 Å². The number of fused-ring (bicyclic) bond motifs is 2. The Labute approximate surface area is 173 Å². The summed E-state index contributed by atoms with van der Waals surface area (Å²) in [6.07, 6.45) is 8.76. The van der Waals surface area contributed by atoms with Gasteiger partial charge in [0.05, 0.1) is 0 Å². The summed E-state index contributed by atoms with van der Waals surface area (Å²) >= 11 is 0. The Morgan fingerprint density at radius 2 is 1.90 bits per heavy atom. The average Bonchev–Trinajstić information content (AvgIpc) is 3.38. The van der Waals surface area contributed by atoms with Crippen molar-refractivity contribution in [3.63, 3.8) is 0 Å². The van der Waals surface area contributed by atoms with E-state index in [4.69, 9.17) is 9.72 Å². The largest absolute Gasteiger partial charge is 0.381 e. The number of hydrogen-bond acceptors (Lipinski definition) is 7. The fourth-order valence-corrected chi connectivity index (χ4v) is 4.80. The first-order valence-electron chi connectivity index (χ1n) is 10.4. The molecule has 2 aliphatic rings. The second-order valence-electron chi connectivity index (χ2n) is 8.31. The van der Waals surface area contributed by atoms with Crippen LogP contribution in [0.15, 0.2) is 42.9 Å². The number of aromatic nitrogens is 5. The molecule has 30 heavy (non-hydrogen) atoms. The van der Waals surface area contributed by atoms with Crippen molar-refractivity contribution >= 4 is 39.3 Å². The van der Waals surface area contributed by atoms with Crippen molar-refractivity contribution in [3.8, 4) is 0 Å². The molecule has 0 atom stereocenters. The number of rotatable bonds is 3. The van der Waals surface area contributed by atoms with Crippen LogP contribution in [0.5, 0.6) is 0 Å². The summed E-state index contributed by atoms with van der Waals surface area (Å²) in [6, 6.07) is 8.42. The van der Waals surface area contributed by atoms with E-state index in [1.165, 1.54) is 11.8 Å². The molecule has 0 aliphatic carbocycles. The van der Waals surface area contributed by atoms with Crippen LogP contribution in [-0.2, 0) is 4.74 Å². The molecule has 1 aromatic carbocycles. The summed E-state index contributed by atoms with van der Waals surface area (Å²) in [5.74, 6) is 1.76. The van der Waals surface area contributed by atoms with Crippen molar-refractivity contribution in [3.05, 3.63) is 42.9 Å². The van der Waals surface area contributed by atoms with Crippen molar-refractivity contribution in [1.29, 1.82) is 0 Å². The Kier molecular flexibility index (Phi) is 4.05. The van der Waals surface area contributed by atoms with Gasteiger partial charge < -0.3 is 15.0 Å². The van der Waals surface area contributed by atoms with Crippen LogP contribution in [0.1, 0.15) is 19.3 Å². The number of nitrogens with zero attached hydrogens (tertiary/aromatic N) is 5. The molecular weight excluding hydrogens is 378 g/mol. The van der Waals surface area contributed by atoms with Crippen LogP contribution in [0.2, 0.25) is 0 Å². The molecule has 0 radical (unpaired) electrons. The number of nitrogens with one attached hydrogen (secondary N) is 2. The third-order valence-electron chi connectivity index (χ3n) is 6.49. The minimum Gasteiger partial charge on any atom is -0.381 e. The smallest absolute Gasteiger partial charge is 0.180 e. The predicted octanol–water partition coefficient (Wildman–Crippen LogP) is 3.65. The van der Waals surface area contributed by atoms with Gasteiger partial charge in [-0.15, -0.1) is 0 Å². The first-order chi connectivity index (χ1) is 14.8. The minimum atomic E-state index is 0.394. The zero-order chi connectivity index (χ0) is 20.0. The molecule has 3 aromatic heterocycles. The highest BCUT2D eigenvalue weighted by molar-refractivity contribution is 5.95. The van der Waals surface area contributed by atoms with Crippen molar-refractivity contribution in [2.45, 2.75) is 19.3 Å². The lowest BCUT2D eigenvalue weighted by molar-refractivity contribution is 0.0254. The van der Waals surface area contributed by atoms with E-state index in [1.807, 2.05) is 6.20 Å². The molecule has 8 heteroatoms. The van der Waals surface area contributed by atoms with Crippen molar-refractivity contribution in [2.75, 3.05) is 36.5 Å². The predicted molar refractivity (Wildman–Crippen MR) is 116 cm³/mol. The number of benzene rings is 1. The highest BCUT2D eigenvalue weighted by Crippen LogP contribution is 2.42. The van der Waals surface area contributed by atoms with Gasteiger partial charge in [0, 0.05) is 56.0 Å². The summed E-state index contributed by atoms with van der Waals surface area (Å²) < 4.78 is 5.59. The number of aromatic amines is 1. The summed E-state index contributed by atoms with van der Waals surface area (Å²) in [5.41, 5.74) is 2.75. The van der Waals surface area contributed by atoms with Gasteiger partial charge in [0.25, 0.3) is 0 Å². The average molecular weight is 401 g/mol. The van der Waals surface area contributed by atoms with E-state index in [1.54, 1.807) is 12.4 Å². The molecule has 152 valence electrons. The summed E-state index contributed by atoms with van der Waals surface area (Å²) in [4.78, 5) is 15.8. The first kappa shape index (κ1) is 17.6. The molecule has 2 N–H and O–H groups in total. The van der Waals surface area contributed by atoms with E-state index in [0.29, 0.717) is 16.9 Å². The number of hydrogen-bond donors (Lipinski definition) is 2. The monoisotopic (exact) mass is 401 g/mol. The van der Waals surface area contributed by atoms with Gasteiger partial charge in [0.1, 0.15) is 5.82 Å². The van der Waals surface area contributed by atoms with E-state index < -0.39 is 0 Å². The van der Waals surface area contributed by atoms with E-state index in [-0.39, 0.29) is 0 Å². The van der Waals surface area contributed by atoms with Gasteiger partial charge in [-0.25, -0.2) is 15.0 Å². The fraction of sp³-hybridized carbons (Fsp3) is 0.364. The molecule has 0 bridgehead atoms. The van der Waals surface area contributed by atoms with Gasteiger partial charge >= 0.3 is 0 Å². The van der Waals surface area contributed by atoms with Crippen LogP contribution in [-0.4, -0.2) is 51.5 Å². The standard InChI is InChI=1S/C22H23N7O/c1-2-17-15(13-16(1)26-20-18-19(27-28-20)24-9-8-23-18)3-7-25-21(17)29-10-4-22(14-29)5-11-30-12-6-22/h1-3,7-9,13H,4-6,10-12,14H2,(H2,24,26,27,28). The molecule has 0 saturated carbocycles. The molecule has 8 nitrogen and oxygen atoms in total. The van der Waals surface area contributed by atoms with E-state index >= 15 is 0 Å². The maximum Gasteiger partial charge on any atom is 0.180 e. The summed E-state index contributed by atoms with van der Waals surface area (Å²) in [7, 11) is 0. The Morgan fingerprint density at radius 3 is 2.83 bits per heavy atom. The van der Waals surface area contributed by atoms with Gasteiger partial charge in [-0.3, -0.25) is 5.10 Å². The quantitative estimate of drug-likeness (QED) is 0.541. The second kappa shape index (κ2) is 6.91. The fourth-order valence-electron chi connectivity index (χ4n) is 4.80. The van der Waals surface area contributed by atoms with E-state index in [0.717, 1.165) is 61.6 Å². The molecule has 2 fully saturated rings. The Hall–Kier alpha value is -3.26. The number of H-pyrrole nitrogens is 1. The van der Waals surface area contributed by atoms with Crippen molar-refractivity contribution < 1.29 is 4.74 Å². The number of pyridine rings is 1. The van der Waals surface area contributed by atoms with Crippen LogP contribution < -0.4 is 10.2 Å². The lowest BCUT2D eigenvalue weighted by atomic mass is 9.80. The number of anilines is 3. The van der Waals surface area contributed by atoms with Crippen LogP contribution in [0.25, 0.3) is 21.9 Å². The third kappa shape index (κ3) is 2.95. The maximum atomic E-state index is 5.59. The van der Waals surface area contributed by atoms with Crippen LogP contribution in [0.4, 0.5) is 17.3 Å². The molecule has 2 saturated heterocycles. The molecular formula is C22H23N7O. The topological polar surface area (TPSA) is 91.9 Å². The lowest BCUT2D eigenvalue weighted by Crippen LogP contribution is -2.33. The van der Waals surface area contributed by atoms with Gasteiger partial charge in [0.2, 0.25) is 0 Å². The maximum absolute atomic E-state index is 5.59. The Morgan fingerprint density at radius 1 is 1.00 bits per heavy atom. The summed E-state index contributed by atoms with van der Waals surface area (Å²) in [5, 5.41) is 12.9. The van der Waals surface area contributed by atoms with Crippen molar-refractivity contribution in [1.82, 2.24) is 25.1 Å². The Bertz CT molecular complexity index is 1210. The molecule has 1 spiro atoms. The molecule has 5 heterocycles. The van der Waals surface area contributed by atoms with Gasteiger partial charge in [0.15, 0.2) is 17.0 Å². The zero-order valence-corrected chi connectivity index (χ0v) is 16.6. The molecule has 0 amide bonds. The Balaban J connectivity index is 1.30. The molecule has 0 unspecified atom stereocenters. The third-order valence-corrected chi connectivity index (χ3v) is 6.49. The summed E-state index contributed by atoms with van der Waals surface area (Å²) in [6.45, 7) is 3.90. The molecule has 4 aromatic rings. The van der Waals surface area contributed by atoms with Crippen LogP contribution in [0, 0.1) is 5.41 Å². The van der Waals surface area contributed by atoms with Crippen LogP contribution in [0.3, 0.4) is 0 Å².